The number of benzene rings is 1. The van der Waals surface area contributed by atoms with Gasteiger partial charge in [0, 0.05) is 24.2 Å². The lowest BCUT2D eigenvalue weighted by molar-refractivity contribution is -0.0442. The fourth-order valence-electron chi connectivity index (χ4n) is 3.51. The van der Waals surface area contributed by atoms with E-state index in [-0.39, 0.29) is 16.6 Å². The van der Waals surface area contributed by atoms with Crippen LogP contribution in [0.2, 0.25) is 0 Å². The molecule has 1 aliphatic heterocycles. The maximum atomic E-state index is 12.3. The van der Waals surface area contributed by atoms with Gasteiger partial charge in [-0.05, 0) is 18.4 Å². The first kappa shape index (κ1) is 14.3. The Kier molecular flexibility index (Phi) is 3.38. The molecule has 0 amide bonds. The number of aliphatic hydroxyl groups excluding tert-OH is 1. The Morgan fingerprint density at radius 3 is 2.74 bits per heavy atom. The van der Waals surface area contributed by atoms with E-state index in [1.807, 2.05) is 30.3 Å². The molecule has 2 aromatic rings. The molecular weight excluding hydrogens is 292 g/mol. The van der Waals surface area contributed by atoms with Crippen molar-refractivity contribution in [2.45, 2.75) is 32.0 Å². The molecule has 2 heterocycles. The molecule has 2 N–H and O–H groups in total. The van der Waals surface area contributed by atoms with Crippen LogP contribution in [0.25, 0.3) is 0 Å². The molecule has 0 bridgehead atoms. The van der Waals surface area contributed by atoms with Gasteiger partial charge in [0.1, 0.15) is 18.4 Å². The highest BCUT2D eigenvalue weighted by molar-refractivity contribution is 5.35. The van der Waals surface area contributed by atoms with Gasteiger partial charge >= 0.3 is 0 Å². The van der Waals surface area contributed by atoms with Crippen LogP contribution in [0.1, 0.15) is 36.6 Å². The van der Waals surface area contributed by atoms with Crippen LogP contribution >= 0.6 is 0 Å². The zero-order valence-corrected chi connectivity index (χ0v) is 12.9. The van der Waals surface area contributed by atoms with E-state index in [1.165, 1.54) is 6.07 Å². The molecule has 1 aliphatic carbocycles. The molecule has 1 spiro atoms. The van der Waals surface area contributed by atoms with Crippen molar-refractivity contribution in [2.75, 3.05) is 12.0 Å². The van der Waals surface area contributed by atoms with Gasteiger partial charge in [-0.25, -0.2) is 0 Å². The third-order valence-electron chi connectivity index (χ3n) is 5.11. The van der Waals surface area contributed by atoms with Gasteiger partial charge in [0.2, 0.25) is 5.43 Å². The number of aromatic nitrogens is 1. The van der Waals surface area contributed by atoms with Crippen molar-refractivity contribution in [2.24, 2.45) is 5.41 Å². The number of aliphatic hydroxyl groups is 1. The first-order valence-electron chi connectivity index (χ1n) is 8.04. The molecule has 1 saturated carbocycles. The molecule has 5 nitrogen and oxygen atoms in total. The Hall–Kier alpha value is -2.27. The number of pyridine rings is 1. The lowest BCUT2D eigenvalue weighted by Crippen LogP contribution is -2.49. The molecule has 1 aromatic heterocycles. The summed E-state index contributed by atoms with van der Waals surface area (Å²) in [7, 11) is 0. The zero-order valence-electron chi connectivity index (χ0n) is 12.9. The molecule has 0 saturated heterocycles. The Morgan fingerprint density at radius 2 is 2.04 bits per heavy atom. The van der Waals surface area contributed by atoms with Gasteiger partial charge in [-0.3, -0.25) is 9.47 Å². The van der Waals surface area contributed by atoms with E-state index in [1.54, 1.807) is 10.9 Å². The van der Waals surface area contributed by atoms with E-state index < -0.39 is 6.10 Å². The van der Waals surface area contributed by atoms with Crippen molar-refractivity contribution in [3.8, 4) is 5.75 Å². The van der Waals surface area contributed by atoms with Crippen molar-refractivity contribution < 1.29 is 9.84 Å². The molecule has 1 unspecified atom stereocenters. The summed E-state index contributed by atoms with van der Waals surface area (Å²) in [4.78, 5) is 12.3. The van der Waals surface area contributed by atoms with Crippen molar-refractivity contribution in [3.05, 3.63) is 64.1 Å². The number of nitrogens with one attached hydrogen (secondary N) is 1. The van der Waals surface area contributed by atoms with Gasteiger partial charge in [-0.15, -0.1) is 0 Å². The maximum absolute atomic E-state index is 12.3. The van der Waals surface area contributed by atoms with Crippen molar-refractivity contribution in [1.82, 2.24) is 4.68 Å². The second-order valence-corrected chi connectivity index (χ2v) is 6.49. The fraction of sp³-hybridized carbons (Fsp3) is 0.389. The second kappa shape index (κ2) is 5.42. The third kappa shape index (κ3) is 2.32. The average Bonchev–Trinajstić information content (AvgIpc) is 2.54. The zero-order chi connectivity index (χ0) is 15.9. The van der Waals surface area contributed by atoms with Crippen LogP contribution in [0.5, 0.6) is 5.75 Å². The molecule has 0 radical (unpaired) electrons. The standard InChI is InChI=1S/C18H20N2O3/c21-14-7-10-20-15(17(22)18(12-19-20)8-4-9-18)16(14)23-11-13-5-2-1-3-6-13/h1-3,5-7,10,17,19,22H,4,8-9,11-12H2. The number of nitrogens with zero attached hydrogens (tertiary/aromatic N) is 1. The van der Waals surface area contributed by atoms with Crippen LogP contribution in [0.15, 0.2) is 47.4 Å². The summed E-state index contributed by atoms with van der Waals surface area (Å²) in [6.07, 6.45) is 4.07. The number of rotatable bonds is 3. The molecule has 4 rings (SSSR count). The first-order valence-corrected chi connectivity index (χ1v) is 8.04. The third-order valence-corrected chi connectivity index (χ3v) is 5.11. The average molecular weight is 312 g/mol. The minimum absolute atomic E-state index is 0.154. The Balaban J connectivity index is 1.68. The maximum Gasteiger partial charge on any atom is 0.223 e. The SMILES string of the molecule is O=c1ccn2c(c1OCc1ccccc1)C(O)C1(CCC1)CN2. The van der Waals surface area contributed by atoms with Gasteiger partial charge in [0.05, 0.1) is 0 Å². The van der Waals surface area contributed by atoms with E-state index >= 15 is 0 Å². The quantitative estimate of drug-likeness (QED) is 0.912. The summed E-state index contributed by atoms with van der Waals surface area (Å²) >= 11 is 0. The van der Waals surface area contributed by atoms with E-state index in [0.717, 1.165) is 31.4 Å². The Morgan fingerprint density at radius 1 is 1.26 bits per heavy atom. The monoisotopic (exact) mass is 312 g/mol. The number of hydrogen-bond acceptors (Lipinski definition) is 4. The number of hydrogen-bond donors (Lipinski definition) is 2. The van der Waals surface area contributed by atoms with Crippen molar-refractivity contribution >= 4 is 0 Å². The molecule has 23 heavy (non-hydrogen) atoms. The van der Waals surface area contributed by atoms with Crippen LogP contribution in [-0.4, -0.2) is 16.3 Å². The van der Waals surface area contributed by atoms with Gasteiger partial charge in [-0.2, -0.15) is 0 Å². The molecule has 1 fully saturated rings. The molecule has 1 aromatic carbocycles. The van der Waals surface area contributed by atoms with Crippen molar-refractivity contribution in [1.29, 1.82) is 0 Å². The van der Waals surface area contributed by atoms with E-state index in [4.69, 9.17) is 4.74 Å². The highest BCUT2D eigenvalue weighted by Crippen LogP contribution is 2.52. The summed E-state index contributed by atoms with van der Waals surface area (Å²) in [5, 5.41) is 10.9. The normalized spacial score (nSPS) is 21.2. The Bertz CT molecular complexity index is 766. The minimum atomic E-state index is -0.669. The van der Waals surface area contributed by atoms with Crippen LogP contribution < -0.4 is 15.6 Å². The summed E-state index contributed by atoms with van der Waals surface area (Å²) in [5.41, 5.74) is 4.49. The lowest BCUT2D eigenvalue weighted by atomic mass is 9.63. The van der Waals surface area contributed by atoms with Crippen molar-refractivity contribution in [3.63, 3.8) is 0 Å². The molecule has 120 valence electrons. The van der Waals surface area contributed by atoms with Gasteiger partial charge in [0.15, 0.2) is 5.75 Å². The smallest absolute Gasteiger partial charge is 0.223 e. The highest BCUT2D eigenvalue weighted by atomic mass is 16.5. The van der Waals surface area contributed by atoms with Gasteiger partial charge in [0.25, 0.3) is 0 Å². The van der Waals surface area contributed by atoms with E-state index in [2.05, 4.69) is 5.43 Å². The first-order chi connectivity index (χ1) is 11.2. The second-order valence-electron chi connectivity index (χ2n) is 6.49. The summed E-state index contributed by atoms with van der Waals surface area (Å²) in [6.45, 7) is 1.04. The fourth-order valence-corrected chi connectivity index (χ4v) is 3.51. The summed E-state index contributed by atoms with van der Waals surface area (Å²) in [6, 6.07) is 11.2. The highest BCUT2D eigenvalue weighted by Gasteiger charge is 2.48. The van der Waals surface area contributed by atoms with E-state index in [0.29, 0.717) is 12.3 Å². The lowest BCUT2D eigenvalue weighted by Gasteiger charge is -2.49. The minimum Gasteiger partial charge on any atom is -0.483 e. The largest absolute Gasteiger partial charge is 0.483 e. The molecule has 5 heteroatoms. The predicted molar refractivity (Wildman–Crippen MR) is 86.9 cm³/mol. The number of ether oxygens (including phenoxy) is 1. The molecule has 1 atom stereocenters. The van der Waals surface area contributed by atoms with Crippen LogP contribution in [0, 0.1) is 5.41 Å². The van der Waals surface area contributed by atoms with E-state index in [9.17, 15) is 9.90 Å². The van der Waals surface area contributed by atoms with Crippen LogP contribution in [0.4, 0.5) is 0 Å². The van der Waals surface area contributed by atoms with Crippen LogP contribution in [-0.2, 0) is 6.61 Å². The number of fused-ring (bicyclic) bond motifs is 1. The van der Waals surface area contributed by atoms with Crippen LogP contribution in [0.3, 0.4) is 0 Å². The van der Waals surface area contributed by atoms with Gasteiger partial charge < -0.3 is 15.3 Å². The summed E-state index contributed by atoms with van der Waals surface area (Å²) in [5.74, 6) is 0.252. The molecule has 2 aliphatic rings. The Labute approximate surface area is 134 Å². The van der Waals surface area contributed by atoms with Gasteiger partial charge in [-0.1, -0.05) is 36.8 Å². The topological polar surface area (TPSA) is 63.5 Å². The summed E-state index contributed by atoms with van der Waals surface area (Å²) < 4.78 is 7.55. The predicted octanol–water partition coefficient (Wildman–Crippen LogP) is 2.19. The molecular formula is C18H20N2O3.